The molecule has 0 aliphatic carbocycles. The zero-order valence-electron chi connectivity index (χ0n) is 21.7. The lowest BCUT2D eigenvalue weighted by Gasteiger charge is -2.24. The molecule has 196 valence electrons. The Balaban J connectivity index is 1.31. The van der Waals surface area contributed by atoms with Crippen molar-refractivity contribution >= 4 is 17.5 Å². The molecule has 0 bridgehead atoms. The highest BCUT2D eigenvalue weighted by Gasteiger charge is 2.57. The molecule has 1 atom stereocenters. The van der Waals surface area contributed by atoms with Gasteiger partial charge in [-0.05, 0) is 42.4 Å². The van der Waals surface area contributed by atoms with E-state index in [1.165, 1.54) is 0 Å². The summed E-state index contributed by atoms with van der Waals surface area (Å²) in [5.74, 6) is 1.66. The normalized spacial score (nSPS) is 18.6. The number of para-hydroxylation sites is 1. The van der Waals surface area contributed by atoms with Crippen LogP contribution in [-0.4, -0.2) is 56.3 Å². The lowest BCUT2D eigenvalue weighted by atomic mass is 9.77. The maximum atomic E-state index is 14.3. The minimum atomic E-state index is -0.978. The van der Waals surface area contributed by atoms with Crippen LogP contribution in [-0.2, 0) is 16.8 Å². The summed E-state index contributed by atoms with van der Waals surface area (Å²) in [6, 6.07) is 19.0. The van der Waals surface area contributed by atoms with Crippen LogP contribution in [0.1, 0.15) is 40.9 Å². The minimum absolute atomic E-state index is 0.0759. The van der Waals surface area contributed by atoms with Crippen molar-refractivity contribution in [3.8, 4) is 17.2 Å². The number of hydrogen-bond donors (Lipinski definition) is 1. The molecule has 0 radical (unpaired) electrons. The van der Waals surface area contributed by atoms with Gasteiger partial charge in [-0.2, -0.15) is 0 Å². The van der Waals surface area contributed by atoms with Gasteiger partial charge >= 0.3 is 0 Å². The summed E-state index contributed by atoms with van der Waals surface area (Å²) in [5, 5.41) is 3.05. The molecule has 0 aromatic heterocycles. The van der Waals surface area contributed by atoms with Crippen LogP contribution < -0.4 is 24.4 Å². The summed E-state index contributed by atoms with van der Waals surface area (Å²) in [5.41, 5.74) is 2.88. The Morgan fingerprint density at radius 3 is 2.50 bits per heavy atom. The molecule has 8 heteroatoms. The van der Waals surface area contributed by atoms with E-state index in [9.17, 15) is 9.59 Å². The average molecular weight is 514 g/mol. The first-order valence-corrected chi connectivity index (χ1v) is 13.1. The Bertz CT molecular complexity index is 1400. The van der Waals surface area contributed by atoms with E-state index in [1.807, 2.05) is 60.7 Å². The minimum Gasteiger partial charge on any atom is -0.491 e. The van der Waals surface area contributed by atoms with Crippen molar-refractivity contribution in [2.24, 2.45) is 0 Å². The van der Waals surface area contributed by atoms with Gasteiger partial charge in [-0.1, -0.05) is 50.2 Å². The highest BCUT2D eigenvalue weighted by atomic mass is 16.7. The topological polar surface area (TPSA) is 80.3 Å². The monoisotopic (exact) mass is 513 g/mol. The summed E-state index contributed by atoms with van der Waals surface area (Å²) >= 11 is 0. The highest BCUT2D eigenvalue weighted by molar-refractivity contribution is 6.11. The molecule has 1 unspecified atom stereocenters. The maximum absolute atomic E-state index is 14.3. The lowest BCUT2D eigenvalue weighted by Crippen LogP contribution is -2.42. The van der Waals surface area contributed by atoms with E-state index < -0.39 is 5.41 Å². The number of likely N-dealkylation sites (N-methyl/N-ethyl adjacent to an activating group) is 1. The van der Waals surface area contributed by atoms with Crippen LogP contribution in [0.5, 0.6) is 17.2 Å². The van der Waals surface area contributed by atoms with Crippen molar-refractivity contribution in [1.29, 1.82) is 0 Å². The first kappa shape index (κ1) is 24.3. The number of nitrogens with zero attached hydrogens (tertiary/aromatic N) is 2. The molecule has 1 spiro atoms. The molecule has 0 saturated heterocycles. The number of rotatable bonds is 8. The number of carbonyl (C=O) groups is 2. The van der Waals surface area contributed by atoms with Crippen molar-refractivity contribution in [1.82, 2.24) is 10.2 Å². The molecule has 2 amide bonds. The van der Waals surface area contributed by atoms with E-state index in [-0.39, 0.29) is 31.8 Å². The van der Waals surface area contributed by atoms with Gasteiger partial charge in [0.25, 0.3) is 5.91 Å². The van der Waals surface area contributed by atoms with Gasteiger partial charge in [0.2, 0.25) is 12.7 Å². The zero-order valence-corrected chi connectivity index (χ0v) is 21.7. The van der Waals surface area contributed by atoms with Gasteiger partial charge in [0.05, 0.1) is 6.54 Å². The predicted molar refractivity (Wildman–Crippen MR) is 143 cm³/mol. The van der Waals surface area contributed by atoms with Crippen molar-refractivity contribution in [2.45, 2.75) is 25.8 Å². The fourth-order valence-corrected chi connectivity index (χ4v) is 5.73. The number of nitrogens with one attached hydrogen (secondary N) is 1. The van der Waals surface area contributed by atoms with Gasteiger partial charge in [0.1, 0.15) is 17.8 Å². The molecule has 0 saturated carbocycles. The Morgan fingerprint density at radius 2 is 1.68 bits per heavy atom. The van der Waals surface area contributed by atoms with E-state index in [2.05, 4.69) is 24.1 Å². The molecule has 3 aliphatic rings. The van der Waals surface area contributed by atoms with Crippen LogP contribution in [0.3, 0.4) is 0 Å². The van der Waals surface area contributed by atoms with Gasteiger partial charge in [0, 0.05) is 36.0 Å². The average Bonchev–Trinajstić information content (AvgIpc) is 3.62. The number of anilines is 1. The molecule has 1 N–H and O–H groups in total. The van der Waals surface area contributed by atoms with Crippen LogP contribution in [0.4, 0.5) is 5.69 Å². The van der Waals surface area contributed by atoms with E-state index in [1.54, 1.807) is 4.90 Å². The SMILES string of the molecule is CCN(CC)CCNC(=O)c1ccccc1CN1C(=O)C2(COc3cc4c(cc32)OCO4)c2ccccc21. The second-order valence-electron chi connectivity index (χ2n) is 9.74. The Kier molecular flexibility index (Phi) is 6.19. The zero-order chi connectivity index (χ0) is 26.3. The van der Waals surface area contributed by atoms with Crippen molar-refractivity contribution in [3.63, 3.8) is 0 Å². The second kappa shape index (κ2) is 9.68. The molecule has 3 heterocycles. The van der Waals surface area contributed by atoms with E-state index in [4.69, 9.17) is 14.2 Å². The van der Waals surface area contributed by atoms with Gasteiger partial charge < -0.3 is 29.3 Å². The van der Waals surface area contributed by atoms with Gasteiger partial charge in [-0.15, -0.1) is 0 Å². The highest BCUT2D eigenvalue weighted by Crippen LogP contribution is 2.55. The van der Waals surface area contributed by atoms with Crippen molar-refractivity contribution in [2.75, 3.05) is 44.5 Å². The van der Waals surface area contributed by atoms with Crippen molar-refractivity contribution < 1.29 is 23.8 Å². The second-order valence-corrected chi connectivity index (χ2v) is 9.74. The predicted octanol–water partition coefficient (Wildman–Crippen LogP) is 3.71. The van der Waals surface area contributed by atoms with Gasteiger partial charge in [-0.3, -0.25) is 9.59 Å². The molecular weight excluding hydrogens is 482 g/mol. The van der Waals surface area contributed by atoms with E-state index in [0.29, 0.717) is 29.4 Å². The molecule has 38 heavy (non-hydrogen) atoms. The third kappa shape index (κ3) is 3.79. The summed E-state index contributed by atoms with van der Waals surface area (Å²) in [4.78, 5) is 31.5. The van der Waals surface area contributed by atoms with Crippen LogP contribution >= 0.6 is 0 Å². The lowest BCUT2D eigenvalue weighted by molar-refractivity contribution is -0.122. The Hall–Kier alpha value is -4.04. The molecule has 0 fully saturated rings. The molecule has 3 aromatic rings. The third-order valence-corrected chi connectivity index (χ3v) is 7.84. The summed E-state index contributed by atoms with van der Waals surface area (Å²) in [7, 11) is 0. The fourth-order valence-electron chi connectivity index (χ4n) is 5.73. The first-order valence-electron chi connectivity index (χ1n) is 13.1. The largest absolute Gasteiger partial charge is 0.491 e. The number of ether oxygens (including phenoxy) is 3. The van der Waals surface area contributed by atoms with Crippen LogP contribution in [0.15, 0.2) is 60.7 Å². The molecule has 6 rings (SSSR count). The van der Waals surface area contributed by atoms with Gasteiger partial charge in [0.15, 0.2) is 11.5 Å². The summed E-state index contributed by atoms with van der Waals surface area (Å²) < 4.78 is 17.2. The van der Waals surface area contributed by atoms with Crippen LogP contribution in [0.25, 0.3) is 0 Å². The van der Waals surface area contributed by atoms with E-state index in [0.717, 1.165) is 42.0 Å². The summed E-state index contributed by atoms with van der Waals surface area (Å²) in [6.45, 7) is 8.08. The Morgan fingerprint density at radius 1 is 0.947 bits per heavy atom. The molecule has 3 aromatic carbocycles. The number of fused-ring (bicyclic) bond motifs is 5. The Labute approximate surface area is 222 Å². The number of amides is 2. The van der Waals surface area contributed by atoms with Crippen LogP contribution in [0, 0.1) is 0 Å². The standard InChI is InChI=1S/C30H31N3O5/c1-3-32(4-2)14-13-31-28(34)21-10-6-5-9-20(21)17-33-24-12-8-7-11-22(24)30(29(33)35)18-36-25-16-27-26(15-23(25)30)37-19-38-27/h5-12,15-16H,3-4,13-14,17-19H2,1-2H3,(H,31,34). The van der Waals surface area contributed by atoms with Crippen LogP contribution in [0.2, 0.25) is 0 Å². The quantitative estimate of drug-likeness (QED) is 0.495. The number of benzene rings is 3. The van der Waals surface area contributed by atoms with E-state index >= 15 is 0 Å². The first-order chi connectivity index (χ1) is 18.6. The summed E-state index contributed by atoms with van der Waals surface area (Å²) in [6.07, 6.45) is 0. The molecule has 3 aliphatic heterocycles. The number of carbonyl (C=O) groups excluding carboxylic acids is 2. The van der Waals surface area contributed by atoms with Crippen molar-refractivity contribution in [3.05, 3.63) is 82.9 Å². The third-order valence-electron chi connectivity index (χ3n) is 7.84. The maximum Gasteiger partial charge on any atom is 0.251 e. The smallest absolute Gasteiger partial charge is 0.251 e. The number of hydrogen-bond acceptors (Lipinski definition) is 6. The van der Waals surface area contributed by atoms with Gasteiger partial charge in [-0.25, -0.2) is 0 Å². The molecule has 8 nitrogen and oxygen atoms in total. The molecular formula is C30H31N3O5. The fraction of sp³-hybridized carbons (Fsp3) is 0.333.